The lowest BCUT2D eigenvalue weighted by molar-refractivity contribution is 0.105. The van der Waals surface area contributed by atoms with Gasteiger partial charge >= 0.3 is 0 Å². The van der Waals surface area contributed by atoms with E-state index in [2.05, 4.69) is 41.2 Å². The number of guanidine groups is 1. The number of aliphatic imine (C=N–C) groups is 1. The molecule has 0 aliphatic carbocycles. The monoisotopic (exact) mass is 303 g/mol. The second kappa shape index (κ2) is 8.18. The Kier molecular flexibility index (Phi) is 6.25. The van der Waals surface area contributed by atoms with E-state index in [1.807, 2.05) is 25.2 Å². The van der Waals surface area contributed by atoms with Gasteiger partial charge in [0.05, 0.1) is 6.10 Å². The van der Waals surface area contributed by atoms with Gasteiger partial charge in [0.2, 0.25) is 0 Å². The van der Waals surface area contributed by atoms with E-state index in [9.17, 15) is 0 Å². The number of piperidine rings is 1. The fraction of sp³-hybridized carbons (Fsp3) is 0.611. The molecular weight excluding hydrogens is 274 g/mol. The standard InChI is InChI=1S/C18H29N3O/c1-14-10-15(2)13-21(12-14)18(19-3)20-11-17(22-4)16-8-6-5-7-9-16/h5-9,14-15,17H,10-13H2,1-4H3,(H,19,20). The van der Waals surface area contributed by atoms with Crippen molar-refractivity contribution in [3.05, 3.63) is 35.9 Å². The van der Waals surface area contributed by atoms with Gasteiger partial charge < -0.3 is 15.0 Å². The maximum atomic E-state index is 5.62. The first kappa shape index (κ1) is 16.8. The maximum absolute atomic E-state index is 5.62. The fourth-order valence-corrected chi connectivity index (χ4v) is 3.36. The number of ether oxygens (including phenoxy) is 1. The number of rotatable bonds is 4. The molecule has 122 valence electrons. The fourth-order valence-electron chi connectivity index (χ4n) is 3.36. The molecule has 1 aliphatic heterocycles. The third-order valence-electron chi connectivity index (χ3n) is 4.28. The molecule has 1 heterocycles. The van der Waals surface area contributed by atoms with Gasteiger partial charge in [0.15, 0.2) is 5.96 Å². The van der Waals surface area contributed by atoms with Crippen molar-refractivity contribution in [3.63, 3.8) is 0 Å². The van der Waals surface area contributed by atoms with E-state index in [1.54, 1.807) is 7.11 Å². The lowest BCUT2D eigenvalue weighted by Crippen LogP contribution is -2.49. The lowest BCUT2D eigenvalue weighted by Gasteiger charge is -2.37. The van der Waals surface area contributed by atoms with Crippen LogP contribution in [0.15, 0.2) is 35.3 Å². The summed E-state index contributed by atoms with van der Waals surface area (Å²) >= 11 is 0. The normalized spacial score (nSPS) is 24.2. The van der Waals surface area contributed by atoms with Gasteiger partial charge in [0, 0.05) is 33.8 Å². The number of nitrogens with one attached hydrogen (secondary N) is 1. The van der Waals surface area contributed by atoms with Crippen LogP contribution in [0.1, 0.15) is 31.9 Å². The molecule has 3 unspecified atom stereocenters. The molecule has 2 rings (SSSR count). The van der Waals surface area contributed by atoms with E-state index < -0.39 is 0 Å². The van der Waals surface area contributed by atoms with Crippen LogP contribution < -0.4 is 5.32 Å². The molecule has 0 bridgehead atoms. The lowest BCUT2D eigenvalue weighted by atomic mass is 9.92. The number of methoxy groups -OCH3 is 1. The largest absolute Gasteiger partial charge is 0.375 e. The van der Waals surface area contributed by atoms with Crippen molar-refractivity contribution in [2.45, 2.75) is 26.4 Å². The molecule has 0 spiro atoms. The Morgan fingerprint density at radius 2 is 1.91 bits per heavy atom. The first-order valence-electron chi connectivity index (χ1n) is 8.17. The van der Waals surface area contributed by atoms with Crippen molar-refractivity contribution in [1.82, 2.24) is 10.2 Å². The molecule has 1 fully saturated rings. The molecule has 1 aliphatic rings. The van der Waals surface area contributed by atoms with Crippen LogP contribution >= 0.6 is 0 Å². The quantitative estimate of drug-likeness (QED) is 0.686. The van der Waals surface area contributed by atoms with Crippen molar-refractivity contribution < 1.29 is 4.74 Å². The van der Waals surface area contributed by atoms with Crippen LogP contribution in [0.2, 0.25) is 0 Å². The van der Waals surface area contributed by atoms with Gasteiger partial charge in [-0.3, -0.25) is 4.99 Å². The van der Waals surface area contributed by atoms with Crippen LogP contribution in [0.3, 0.4) is 0 Å². The number of hydrogen-bond donors (Lipinski definition) is 1. The van der Waals surface area contributed by atoms with Crippen LogP contribution in [-0.4, -0.2) is 44.7 Å². The Bertz CT molecular complexity index is 464. The minimum atomic E-state index is 0.0394. The highest BCUT2D eigenvalue weighted by Crippen LogP contribution is 2.21. The Hall–Kier alpha value is -1.55. The SMILES string of the molecule is CN=C(NCC(OC)c1ccccc1)N1CC(C)CC(C)C1. The van der Waals surface area contributed by atoms with E-state index in [1.165, 1.54) is 12.0 Å². The molecule has 0 aromatic heterocycles. The summed E-state index contributed by atoms with van der Waals surface area (Å²) in [7, 11) is 3.61. The summed E-state index contributed by atoms with van der Waals surface area (Å²) in [4.78, 5) is 6.83. The van der Waals surface area contributed by atoms with Crippen LogP contribution in [-0.2, 0) is 4.74 Å². The smallest absolute Gasteiger partial charge is 0.193 e. The predicted octanol–water partition coefficient (Wildman–Crippen LogP) is 2.93. The van der Waals surface area contributed by atoms with E-state index in [4.69, 9.17) is 4.74 Å². The van der Waals surface area contributed by atoms with Gasteiger partial charge in [-0.15, -0.1) is 0 Å². The van der Waals surface area contributed by atoms with Crippen molar-refractivity contribution in [2.75, 3.05) is 33.8 Å². The Morgan fingerprint density at radius 3 is 2.45 bits per heavy atom. The Balaban J connectivity index is 1.95. The average molecular weight is 303 g/mol. The Labute approximate surface area is 134 Å². The highest BCUT2D eigenvalue weighted by molar-refractivity contribution is 5.80. The molecule has 1 N–H and O–H groups in total. The van der Waals surface area contributed by atoms with Gasteiger partial charge in [-0.25, -0.2) is 0 Å². The molecular formula is C18H29N3O. The molecule has 4 nitrogen and oxygen atoms in total. The van der Waals surface area contributed by atoms with Gasteiger partial charge in [0.1, 0.15) is 0 Å². The summed E-state index contributed by atoms with van der Waals surface area (Å²) in [5.41, 5.74) is 1.19. The second-order valence-corrected chi connectivity index (χ2v) is 6.41. The molecule has 3 atom stereocenters. The van der Waals surface area contributed by atoms with Crippen LogP contribution in [0, 0.1) is 11.8 Å². The first-order valence-corrected chi connectivity index (χ1v) is 8.17. The summed E-state index contributed by atoms with van der Waals surface area (Å²) in [6.45, 7) is 7.52. The highest BCUT2D eigenvalue weighted by Gasteiger charge is 2.24. The number of likely N-dealkylation sites (tertiary alicyclic amines) is 1. The average Bonchev–Trinajstić information content (AvgIpc) is 2.51. The van der Waals surface area contributed by atoms with E-state index in [0.29, 0.717) is 0 Å². The molecule has 1 saturated heterocycles. The van der Waals surface area contributed by atoms with Crippen molar-refractivity contribution in [1.29, 1.82) is 0 Å². The van der Waals surface area contributed by atoms with Gasteiger partial charge in [-0.05, 0) is 23.8 Å². The van der Waals surface area contributed by atoms with E-state index in [0.717, 1.165) is 37.4 Å². The van der Waals surface area contributed by atoms with Gasteiger partial charge in [-0.2, -0.15) is 0 Å². The maximum Gasteiger partial charge on any atom is 0.193 e. The molecule has 1 aromatic carbocycles. The van der Waals surface area contributed by atoms with Crippen molar-refractivity contribution in [2.24, 2.45) is 16.8 Å². The molecule has 4 heteroatoms. The topological polar surface area (TPSA) is 36.9 Å². The first-order chi connectivity index (χ1) is 10.6. The molecule has 0 saturated carbocycles. The van der Waals surface area contributed by atoms with E-state index >= 15 is 0 Å². The molecule has 0 radical (unpaired) electrons. The zero-order chi connectivity index (χ0) is 15.9. The predicted molar refractivity (Wildman–Crippen MR) is 92.1 cm³/mol. The molecule has 0 amide bonds. The minimum absolute atomic E-state index is 0.0394. The zero-order valence-corrected chi connectivity index (χ0v) is 14.2. The summed E-state index contributed by atoms with van der Waals surface area (Å²) in [6.07, 6.45) is 1.34. The number of hydrogen-bond acceptors (Lipinski definition) is 2. The summed E-state index contributed by atoms with van der Waals surface area (Å²) in [5.74, 6) is 2.42. The highest BCUT2D eigenvalue weighted by atomic mass is 16.5. The third-order valence-corrected chi connectivity index (χ3v) is 4.28. The Morgan fingerprint density at radius 1 is 1.27 bits per heavy atom. The van der Waals surface area contributed by atoms with E-state index in [-0.39, 0.29) is 6.10 Å². The third kappa shape index (κ3) is 4.47. The number of nitrogens with zero attached hydrogens (tertiary/aromatic N) is 2. The van der Waals surface area contributed by atoms with Gasteiger partial charge in [0.25, 0.3) is 0 Å². The summed E-state index contributed by atoms with van der Waals surface area (Å²) in [6, 6.07) is 10.3. The second-order valence-electron chi connectivity index (χ2n) is 6.41. The van der Waals surface area contributed by atoms with Crippen LogP contribution in [0.25, 0.3) is 0 Å². The van der Waals surface area contributed by atoms with Gasteiger partial charge in [-0.1, -0.05) is 44.2 Å². The summed E-state index contributed by atoms with van der Waals surface area (Å²) in [5, 5.41) is 3.48. The molecule has 1 aromatic rings. The van der Waals surface area contributed by atoms with Crippen molar-refractivity contribution >= 4 is 5.96 Å². The summed E-state index contributed by atoms with van der Waals surface area (Å²) < 4.78 is 5.62. The minimum Gasteiger partial charge on any atom is -0.375 e. The van der Waals surface area contributed by atoms with Crippen molar-refractivity contribution in [3.8, 4) is 0 Å². The van der Waals surface area contributed by atoms with Crippen LogP contribution in [0.4, 0.5) is 0 Å². The van der Waals surface area contributed by atoms with Crippen LogP contribution in [0.5, 0.6) is 0 Å². The number of benzene rings is 1. The zero-order valence-electron chi connectivity index (χ0n) is 14.2. The molecule has 22 heavy (non-hydrogen) atoms.